The summed E-state index contributed by atoms with van der Waals surface area (Å²) in [5, 5.41) is 6.15. The fraction of sp³-hybridized carbons (Fsp3) is 0.316. The van der Waals surface area contributed by atoms with E-state index in [0.717, 1.165) is 6.07 Å². The molecule has 28 heavy (non-hydrogen) atoms. The van der Waals surface area contributed by atoms with E-state index in [1.54, 1.807) is 33.8 Å². The molecule has 1 aromatic heterocycles. The van der Waals surface area contributed by atoms with Gasteiger partial charge in [-0.1, -0.05) is 12.1 Å². The summed E-state index contributed by atoms with van der Waals surface area (Å²) in [4.78, 5) is 23.2. The molecule has 2 amide bonds. The Bertz CT molecular complexity index is 914. The van der Waals surface area contributed by atoms with E-state index in [0.29, 0.717) is 17.0 Å². The number of hydrogen-bond acceptors (Lipinski definition) is 3. The van der Waals surface area contributed by atoms with Crippen LogP contribution in [-0.4, -0.2) is 28.6 Å². The summed E-state index contributed by atoms with van der Waals surface area (Å²) in [5.41, 5.74) is 2.95. The minimum atomic E-state index is -4.49. The van der Waals surface area contributed by atoms with E-state index in [2.05, 4.69) is 15.8 Å². The van der Waals surface area contributed by atoms with Crippen LogP contribution in [0.5, 0.6) is 0 Å². The van der Waals surface area contributed by atoms with Gasteiger partial charge in [-0.2, -0.15) is 18.3 Å². The van der Waals surface area contributed by atoms with Crippen LogP contribution in [0.25, 0.3) is 5.69 Å². The Morgan fingerprint density at radius 1 is 1.14 bits per heavy atom. The Morgan fingerprint density at radius 3 is 2.39 bits per heavy atom. The number of carbonyl (C=O) groups is 2. The molecule has 1 aromatic carbocycles. The second-order valence-corrected chi connectivity index (χ2v) is 6.50. The van der Waals surface area contributed by atoms with Gasteiger partial charge in [0.25, 0.3) is 0 Å². The predicted octanol–water partition coefficient (Wildman–Crippen LogP) is 3.09. The average Bonchev–Trinajstić information content (AvgIpc) is 2.87. The molecule has 2 aromatic rings. The Labute approximate surface area is 160 Å². The molecule has 6 nitrogen and oxygen atoms in total. The van der Waals surface area contributed by atoms with Gasteiger partial charge in [-0.3, -0.25) is 9.59 Å². The molecule has 0 bridgehead atoms. The van der Waals surface area contributed by atoms with Crippen LogP contribution in [0.2, 0.25) is 0 Å². The minimum absolute atomic E-state index is 0.00463. The lowest BCUT2D eigenvalue weighted by molar-refractivity contribution is -0.139. The standard InChI is InChI=1S/C19H21F3N4O2/c1-11(2)24-17(27)18(28)25-23-10-14-9-12(3)26(13(14)4)16-8-6-5-7-15(16)19(20,21)22/h5-11H,1-4H3,(H,24,27)(H,25,28). The van der Waals surface area contributed by atoms with Crippen LogP contribution in [0.15, 0.2) is 35.4 Å². The number of alkyl halides is 3. The van der Waals surface area contributed by atoms with Crippen LogP contribution in [0.4, 0.5) is 13.2 Å². The molecule has 0 fully saturated rings. The summed E-state index contributed by atoms with van der Waals surface area (Å²) in [5.74, 6) is -1.75. The smallest absolute Gasteiger partial charge is 0.346 e. The second-order valence-electron chi connectivity index (χ2n) is 6.50. The fourth-order valence-electron chi connectivity index (χ4n) is 2.74. The molecule has 0 radical (unpaired) electrons. The van der Waals surface area contributed by atoms with Crippen molar-refractivity contribution in [2.75, 3.05) is 0 Å². The number of carbonyl (C=O) groups excluding carboxylic acids is 2. The van der Waals surface area contributed by atoms with E-state index in [1.807, 2.05) is 0 Å². The van der Waals surface area contributed by atoms with Crippen LogP contribution >= 0.6 is 0 Å². The fourth-order valence-corrected chi connectivity index (χ4v) is 2.74. The lowest BCUT2D eigenvalue weighted by Gasteiger charge is -2.16. The predicted molar refractivity (Wildman–Crippen MR) is 99.3 cm³/mol. The van der Waals surface area contributed by atoms with E-state index in [1.165, 1.54) is 29.0 Å². The highest BCUT2D eigenvalue weighted by Crippen LogP contribution is 2.35. The van der Waals surface area contributed by atoms with Crippen molar-refractivity contribution in [3.8, 4) is 5.69 Å². The van der Waals surface area contributed by atoms with Crippen molar-refractivity contribution in [2.45, 2.75) is 39.9 Å². The van der Waals surface area contributed by atoms with E-state index in [9.17, 15) is 22.8 Å². The zero-order valence-corrected chi connectivity index (χ0v) is 15.9. The average molecular weight is 394 g/mol. The Balaban J connectivity index is 2.29. The van der Waals surface area contributed by atoms with Gasteiger partial charge in [0.15, 0.2) is 0 Å². The molecule has 2 rings (SSSR count). The third-order valence-corrected chi connectivity index (χ3v) is 3.92. The first-order valence-electron chi connectivity index (χ1n) is 8.51. The molecule has 9 heteroatoms. The zero-order valence-electron chi connectivity index (χ0n) is 15.9. The summed E-state index contributed by atoms with van der Waals surface area (Å²) in [6.07, 6.45) is -3.21. The van der Waals surface area contributed by atoms with Gasteiger partial charge in [-0.25, -0.2) is 5.43 Å². The van der Waals surface area contributed by atoms with Crippen molar-refractivity contribution in [2.24, 2.45) is 5.10 Å². The molecule has 0 spiro atoms. The number of hydrogen-bond donors (Lipinski definition) is 2. The zero-order chi connectivity index (χ0) is 21.1. The molecule has 0 aliphatic carbocycles. The molecule has 0 aliphatic heterocycles. The number of hydrazone groups is 1. The molecule has 0 saturated heterocycles. The van der Waals surface area contributed by atoms with Gasteiger partial charge in [0, 0.05) is 23.0 Å². The van der Waals surface area contributed by atoms with Crippen LogP contribution in [0.3, 0.4) is 0 Å². The van der Waals surface area contributed by atoms with E-state index in [4.69, 9.17) is 0 Å². The van der Waals surface area contributed by atoms with Crippen LogP contribution in [0.1, 0.15) is 36.4 Å². The van der Waals surface area contributed by atoms with E-state index >= 15 is 0 Å². The summed E-state index contributed by atoms with van der Waals surface area (Å²) in [7, 11) is 0. The normalized spacial score (nSPS) is 11.9. The first-order valence-corrected chi connectivity index (χ1v) is 8.51. The van der Waals surface area contributed by atoms with Crippen molar-refractivity contribution in [1.29, 1.82) is 0 Å². The quantitative estimate of drug-likeness (QED) is 0.475. The largest absolute Gasteiger partial charge is 0.418 e. The third kappa shape index (κ3) is 4.79. The molecular formula is C19H21F3N4O2. The summed E-state index contributed by atoms with van der Waals surface area (Å²) < 4.78 is 41.5. The van der Waals surface area contributed by atoms with Crippen molar-refractivity contribution < 1.29 is 22.8 Å². The van der Waals surface area contributed by atoms with E-state index in [-0.39, 0.29) is 11.7 Å². The van der Waals surface area contributed by atoms with Gasteiger partial charge in [0.1, 0.15) is 0 Å². The minimum Gasteiger partial charge on any atom is -0.346 e. The first kappa shape index (κ1) is 21.2. The first-order chi connectivity index (χ1) is 13.0. The second kappa shape index (κ2) is 8.28. The number of benzene rings is 1. The van der Waals surface area contributed by atoms with Gasteiger partial charge in [-0.15, -0.1) is 0 Å². The third-order valence-electron chi connectivity index (χ3n) is 3.92. The molecule has 0 unspecified atom stereocenters. The number of rotatable bonds is 4. The molecule has 2 N–H and O–H groups in total. The number of nitrogens with one attached hydrogen (secondary N) is 2. The highest BCUT2D eigenvalue weighted by Gasteiger charge is 2.34. The molecule has 0 aliphatic rings. The van der Waals surface area contributed by atoms with Crippen LogP contribution < -0.4 is 10.7 Å². The summed E-state index contributed by atoms with van der Waals surface area (Å²) in [6.45, 7) is 6.74. The Morgan fingerprint density at radius 2 is 1.79 bits per heavy atom. The van der Waals surface area contributed by atoms with Gasteiger partial charge in [0.05, 0.1) is 17.5 Å². The lowest BCUT2D eigenvalue weighted by Crippen LogP contribution is -2.41. The molecule has 0 atom stereocenters. The van der Waals surface area contributed by atoms with Gasteiger partial charge in [-0.05, 0) is 45.9 Å². The summed E-state index contributed by atoms with van der Waals surface area (Å²) in [6, 6.07) is 6.73. The van der Waals surface area contributed by atoms with Gasteiger partial charge >= 0.3 is 18.0 Å². The number of aromatic nitrogens is 1. The van der Waals surface area contributed by atoms with Crippen molar-refractivity contribution >= 4 is 18.0 Å². The number of amides is 2. The van der Waals surface area contributed by atoms with Crippen molar-refractivity contribution in [3.63, 3.8) is 0 Å². The highest BCUT2D eigenvalue weighted by atomic mass is 19.4. The Hall–Kier alpha value is -3.10. The maximum Gasteiger partial charge on any atom is 0.418 e. The molecule has 0 saturated carbocycles. The summed E-state index contributed by atoms with van der Waals surface area (Å²) >= 11 is 0. The van der Waals surface area contributed by atoms with Crippen molar-refractivity contribution in [3.05, 3.63) is 52.8 Å². The topological polar surface area (TPSA) is 75.5 Å². The van der Waals surface area contributed by atoms with Gasteiger partial charge < -0.3 is 9.88 Å². The molecular weight excluding hydrogens is 373 g/mol. The highest BCUT2D eigenvalue weighted by molar-refractivity contribution is 6.35. The van der Waals surface area contributed by atoms with Crippen molar-refractivity contribution in [1.82, 2.24) is 15.3 Å². The monoisotopic (exact) mass is 394 g/mol. The number of para-hydroxylation sites is 1. The molecule has 150 valence electrons. The molecule has 1 heterocycles. The maximum atomic E-state index is 13.3. The number of aryl methyl sites for hydroxylation is 1. The van der Waals surface area contributed by atoms with Gasteiger partial charge in [0.2, 0.25) is 0 Å². The number of halogens is 3. The van der Waals surface area contributed by atoms with Crippen LogP contribution in [0, 0.1) is 13.8 Å². The maximum absolute atomic E-state index is 13.3. The Kier molecular flexibility index (Phi) is 6.27. The van der Waals surface area contributed by atoms with Crippen LogP contribution in [-0.2, 0) is 15.8 Å². The van der Waals surface area contributed by atoms with E-state index < -0.39 is 23.6 Å². The lowest BCUT2D eigenvalue weighted by atomic mass is 10.1. The number of nitrogens with zero attached hydrogens (tertiary/aromatic N) is 2. The SMILES string of the molecule is Cc1cc(C=NNC(=O)C(=O)NC(C)C)c(C)n1-c1ccccc1C(F)(F)F.